The van der Waals surface area contributed by atoms with Gasteiger partial charge in [0.15, 0.2) is 5.69 Å². The van der Waals surface area contributed by atoms with E-state index < -0.39 is 5.97 Å². The summed E-state index contributed by atoms with van der Waals surface area (Å²) in [5, 5.41) is 20.8. The zero-order valence-corrected chi connectivity index (χ0v) is 8.94. The summed E-state index contributed by atoms with van der Waals surface area (Å²) < 4.78 is 0. The van der Waals surface area contributed by atoms with Gasteiger partial charge in [0.2, 0.25) is 0 Å². The number of aromatic nitrogens is 3. The van der Waals surface area contributed by atoms with Gasteiger partial charge in [-0.1, -0.05) is 0 Å². The Morgan fingerprint density at radius 2 is 2.31 bits per heavy atom. The molecule has 0 unspecified atom stereocenters. The van der Waals surface area contributed by atoms with Crippen LogP contribution in [0.2, 0.25) is 0 Å². The first-order valence-electron chi connectivity index (χ1n) is 4.43. The average Bonchev–Trinajstić information content (AvgIpc) is 2.80. The van der Waals surface area contributed by atoms with Gasteiger partial charge in [0.1, 0.15) is 5.82 Å². The van der Waals surface area contributed by atoms with Gasteiger partial charge in [0, 0.05) is 5.38 Å². The summed E-state index contributed by atoms with van der Waals surface area (Å²) >= 11 is 1.52. The summed E-state index contributed by atoms with van der Waals surface area (Å²) in [5.74, 6) is -0.559. The second-order valence-corrected chi connectivity index (χ2v) is 3.66. The molecule has 0 aliphatic rings. The average molecular weight is 236 g/mol. The van der Waals surface area contributed by atoms with Crippen molar-refractivity contribution < 1.29 is 9.90 Å². The Balaban J connectivity index is 1.98. The minimum absolute atomic E-state index is 0.0702. The lowest BCUT2D eigenvalue weighted by Gasteiger charge is -2.01. The van der Waals surface area contributed by atoms with Crippen LogP contribution < -0.4 is 5.32 Å². The molecule has 2 aromatic rings. The number of carboxylic acids is 1. The van der Waals surface area contributed by atoms with E-state index in [0.717, 1.165) is 5.69 Å². The molecule has 0 amide bonds. The van der Waals surface area contributed by atoms with E-state index in [9.17, 15) is 4.79 Å². The number of rotatable bonds is 4. The first-order valence-corrected chi connectivity index (χ1v) is 5.38. The van der Waals surface area contributed by atoms with Gasteiger partial charge in [-0.05, 0) is 12.1 Å². The molecule has 0 saturated carbocycles. The van der Waals surface area contributed by atoms with Crippen LogP contribution in [0.15, 0.2) is 23.0 Å². The molecule has 0 spiro atoms. The van der Waals surface area contributed by atoms with Crippen LogP contribution in [0.25, 0.3) is 0 Å². The molecule has 2 heterocycles. The summed E-state index contributed by atoms with van der Waals surface area (Å²) in [6.07, 6.45) is 0. The summed E-state index contributed by atoms with van der Waals surface area (Å²) in [7, 11) is 0. The van der Waals surface area contributed by atoms with Crippen LogP contribution in [0.1, 0.15) is 16.2 Å². The number of nitrogens with one attached hydrogen (secondary N) is 1. The van der Waals surface area contributed by atoms with Gasteiger partial charge >= 0.3 is 5.97 Å². The molecule has 0 aliphatic heterocycles. The molecule has 0 atom stereocenters. The molecule has 0 fully saturated rings. The first kappa shape index (κ1) is 10.5. The number of thiazole rings is 1. The molecule has 2 aromatic heterocycles. The maximum absolute atomic E-state index is 10.5. The Morgan fingerprint density at radius 1 is 1.44 bits per heavy atom. The molecule has 2 rings (SSSR count). The third-order valence-electron chi connectivity index (χ3n) is 1.82. The summed E-state index contributed by atoms with van der Waals surface area (Å²) in [5.41, 5.74) is 2.59. The Morgan fingerprint density at radius 3 is 2.88 bits per heavy atom. The summed E-state index contributed by atoms with van der Waals surface area (Å²) in [6, 6.07) is 2.97. The minimum Gasteiger partial charge on any atom is -0.476 e. The molecule has 6 nitrogen and oxygen atoms in total. The van der Waals surface area contributed by atoms with Gasteiger partial charge in [-0.3, -0.25) is 0 Å². The highest BCUT2D eigenvalue weighted by Gasteiger charge is 2.04. The quantitative estimate of drug-likeness (QED) is 0.830. The Labute approximate surface area is 95.0 Å². The van der Waals surface area contributed by atoms with E-state index >= 15 is 0 Å². The van der Waals surface area contributed by atoms with Crippen molar-refractivity contribution in [2.24, 2.45) is 0 Å². The summed E-state index contributed by atoms with van der Waals surface area (Å²) in [6.45, 7) is 0.546. The Hall–Kier alpha value is -2.02. The predicted octanol–water partition coefficient (Wildman–Crippen LogP) is 1.24. The van der Waals surface area contributed by atoms with Gasteiger partial charge in [0.05, 0.1) is 17.7 Å². The van der Waals surface area contributed by atoms with Crippen molar-refractivity contribution >= 4 is 23.1 Å². The van der Waals surface area contributed by atoms with E-state index in [0.29, 0.717) is 12.4 Å². The molecular weight excluding hydrogens is 228 g/mol. The lowest BCUT2D eigenvalue weighted by atomic mass is 10.4. The van der Waals surface area contributed by atoms with Crippen molar-refractivity contribution in [2.45, 2.75) is 6.54 Å². The van der Waals surface area contributed by atoms with Crippen LogP contribution in [0.5, 0.6) is 0 Å². The molecule has 16 heavy (non-hydrogen) atoms. The fourth-order valence-corrected chi connectivity index (χ4v) is 1.60. The number of aromatic carboxylic acids is 1. The molecule has 0 saturated heterocycles. The van der Waals surface area contributed by atoms with Crippen LogP contribution in [0, 0.1) is 0 Å². The van der Waals surface area contributed by atoms with Gasteiger partial charge in [-0.25, -0.2) is 9.78 Å². The first-order chi connectivity index (χ1) is 7.75. The van der Waals surface area contributed by atoms with E-state index in [1.54, 1.807) is 11.6 Å². The maximum Gasteiger partial charge on any atom is 0.356 e. The predicted molar refractivity (Wildman–Crippen MR) is 58.4 cm³/mol. The minimum atomic E-state index is -1.08. The smallest absolute Gasteiger partial charge is 0.356 e. The zero-order chi connectivity index (χ0) is 11.4. The zero-order valence-electron chi connectivity index (χ0n) is 8.12. The monoisotopic (exact) mass is 236 g/mol. The molecule has 82 valence electrons. The topological polar surface area (TPSA) is 88.0 Å². The van der Waals surface area contributed by atoms with Crippen molar-refractivity contribution in [3.8, 4) is 0 Å². The van der Waals surface area contributed by atoms with Crippen LogP contribution >= 0.6 is 11.3 Å². The Bertz CT molecular complexity index is 469. The molecule has 0 bridgehead atoms. The highest BCUT2D eigenvalue weighted by molar-refractivity contribution is 7.07. The van der Waals surface area contributed by atoms with Crippen LogP contribution in [-0.4, -0.2) is 26.3 Å². The van der Waals surface area contributed by atoms with Gasteiger partial charge in [0.25, 0.3) is 0 Å². The number of anilines is 1. The van der Waals surface area contributed by atoms with Gasteiger partial charge in [-0.15, -0.1) is 21.5 Å². The van der Waals surface area contributed by atoms with E-state index in [-0.39, 0.29) is 5.69 Å². The second-order valence-electron chi connectivity index (χ2n) is 2.94. The highest BCUT2D eigenvalue weighted by atomic mass is 32.1. The highest BCUT2D eigenvalue weighted by Crippen LogP contribution is 2.06. The largest absolute Gasteiger partial charge is 0.476 e. The molecule has 0 radical (unpaired) electrons. The van der Waals surface area contributed by atoms with Crippen molar-refractivity contribution in [1.29, 1.82) is 0 Å². The standard InChI is InChI=1S/C9H8N4O2S/c14-9(15)7-1-2-8(13-12-7)10-3-6-4-16-5-11-6/h1-2,4-5H,3H2,(H,10,13)(H,14,15). The normalized spacial score (nSPS) is 10.0. The number of carbonyl (C=O) groups is 1. The van der Waals surface area contributed by atoms with Crippen molar-refractivity contribution in [1.82, 2.24) is 15.2 Å². The SMILES string of the molecule is O=C(O)c1ccc(NCc2cscn2)nn1. The van der Waals surface area contributed by atoms with E-state index in [4.69, 9.17) is 5.11 Å². The third kappa shape index (κ3) is 2.51. The second kappa shape index (κ2) is 4.67. The molecular formula is C9H8N4O2S. The number of carboxylic acid groups (broad SMARTS) is 1. The number of hydrogen-bond acceptors (Lipinski definition) is 6. The molecule has 7 heteroatoms. The fraction of sp³-hybridized carbons (Fsp3) is 0.111. The van der Waals surface area contributed by atoms with Crippen molar-refractivity contribution in [3.05, 3.63) is 34.4 Å². The summed E-state index contributed by atoms with van der Waals surface area (Å²) in [4.78, 5) is 14.6. The lowest BCUT2D eigenvalue weighted by molar-refractivity contribution is 0.0689. The lowest BCUT2D eigenvalue weighted by Crippen LogP contribution is -2.06. The van der Waals surface area contributed by atoms with E-state index in [2.05, 4.69) is 20.5 Å². The van der Waals surface area contributed by atoms with Gasteiger partial charge < -0.3 is 10.4 Å². The van der Waals surface area contributed by atoms with E-state index in [1.165, 1.54) is 17.4 Å². The molecule has 0 aliphatic carbocycles. The van der Waals surface area contributed by atoms with Crippen molar-refractivity contribution in [2.75, 3.05) is 5.32 Å². The number of nitrogens with zero attached hydrogens (tertiary/aromatic N) is 3. The third-order valence-corrected chi connectivity index (χ3v) is 2.45. The van der Waals surface area contributed by atoms with Crippen LogP contribution in [0.3, 0.4) is 0 Å². The molecule has 0 aromatic carbocycles. The van der Waals surface area contributed by atoms with Crippen LogP contribution in [0.4, 0.5) is 5.82 Å². The van der Waals surface area contributed by atoms with Gasteiger partial charge in [-0.2, -0.15) is 0 Å². The Kier molecular flexibility index (Phi) is 3.06. The number of hydrogen-bond donors (Lipinski definition) is 2. The van der Waals surface area contributed by atoms with E-state index in [1.807, 2.05) is 5.38 Å². The molecule has 2 N–H and O–H groups in total. The fourth-order valence-electron chi connectivity index (χ4n) is 1.05. The van der Waals surface area contributed by atoms with Crippen LogP contribution in [-0.2, 0) is 6.54 Å². The van der Waals surface area contributed by atoms with Crippen molar-refractivity contribution in [3.63, 3.8) is 0 Å². The maximum atomic E-state index is 10.5.